The van der Waals surface area contributed by atoms with Crippen molar-refractivity contribution in [1.82, 2.24) is 5.32 Å². The average molecular weight is 477 g/mol. The predicted octanol–water partition coefficient (Wildman–Crippen LogP) is 3.94. The third kappa shape index (κ3) is 5.69. The zero-order chi connectivity index (χ0) is 23.1. The van der Waals surface area contributed by atoms with E-state index in [1.807, 2.05) is 0 Å². The summed E-state index contributed by atoms with van der Waals surface area (Å²) >= 11 is 6.21. The van der Waals surface area contributed by atoms with Crippen LogP contribution in [0.4, 0.5) is 5.69 Å². The summed E-state index contributed by atoms with van der Waals surface area (Å²) in [6.07, 6.45) is 5.44. The van der Waals surface area contributed by atoms with E-state index in [0.717, 1.165) is 30.0 Å². The molecule has 1 saturated carbocycles. The molecule has 0 atom stereocenters. The van der Waals surface area contributed by atoms with E-state index < -0.39 is 22.6 Å². The highest BCUT2D eigenvalue weighted by Gasteiger charge is 2.27. The van der Waals surface area contributed by atoms with Crippen molar-refractivity contribution in [3.05, 3.63) is 71.8 Å². The highest BCUT2D eigenvalue weighted by molar-refractivity contribution is 7.92. The summed E-state index contributed by atoms with van der Waals surface area (Å²) in [4.78, 5) is 24.3. The number of carbonyl (C=O) groups excluding carboxylic acids is 2. The van der Waals surface area contributed by atoms with Crippen molar-refractivity contribution in [1.29, 1.82) is 0 Å². The van der Waals surface area contributed by atoms with Gasteiger partial charge in [-0.1, -0.05) is 48.7 Å². The molecular formula is C23H25ClN2O5S. The molecule has 9 heteroatoms. The zero-order valence-corrected chi connectivity index (χ0v) is 19.1. The third-order valence-electron chi connectivity index (χ3n) is 5.13. The molecular weight excluding hydrogens is 452 g/mol. The minimum Gasteiger partial charge on any atom is -0.452 e. The Morgan fingerprint density at radius 2 is 1.88 bits per heavy atom. The van der Waals surface area contributed by atoms with Gasteiger partial charge in [-0.15, -0.1) is 6.58 Å². The second-order valence-corrected chi connectivity index (χ2v) is 9.70. The van der Waals surface area contributed by atoms with Crippen molar-refractivity contribution in [2.75, 3.05) is 17.5 Å². The van der Waals surface area contributed by atoms with Crippen molar-refractivity contribution < 1.29 is 22.7 Å². The lowest BCUT2D eigenvalue weighted by Gasteiger charge is -2.24. The van der Waals surface area contributed by atoms with Crippen molar-refractivity contribution in [3.8, 4) is 0 Å². The molecule has 2 aromatic carbocycles. The second kappa shape index (κ2) is 10.7. The van der Waals surface area contributed by atoms with Crippen LogP contribution in [0, 0.1) is 0 Å². The second-order valence-electron chi connectivity index (χ2n) is 7.43. The first-order valence-electron chi connectivity index (χ1n) is 10.3. The summed E-state index contributed by atoms with van der Waals surface area (Å²) in [5, 5.41) is 3.10. The summed E-state index contributed by atoms with van der Waals surface area (Å²) < 4.78 is 32.8. The van der Waals surface area contributed by atoms with E-state index in [0.29, 0.717) is 5.69 Å². The Morgan fingerprint density at radius 1 is 1.16 bits per heavy atom. The summed E-state index contributed by atoms with van der Waals surface area (Å²) in [7, 11) is -4.05. The van der Waals surface area contributed by atoms with Crippen LogP contribution in [0.3, 0.4) is 0 Å². The van der Waals surface area contributed by atoms with E-state index in [2.05, 4.69) is 11.9 Å². The van der Waals surface area contributed by atoms with Gasteiger partial charge >= 0.3 is 5.97 Å². The normalized spacial score (nSPS) is 14.0. The van der Waals surface area contributed by atoms with Crippen LogP contribution >= 0.6 is 11.6 Å². The Kier molecular flexibility index (Phi) is 7.93. The van der Waals surface area contributed by atoms with E-state index in [9.17, 15) is 18.0 Å². The molecule has 0 bridgehead atoms. The lowest BCUT2D eigenvalue weighted by atomic mass is 10.2. The molecule has 0 aromatic heterocycles. The molecule has 0 radical (unpaired) electrons. The Morgan fingerprint density at radius 3 is 2.56 bits per heavy atom. The van der Waals surface area contributed by atoms with E-state index in [1.165, 1.54) is 30.3 Å². The van der Waals surface area contributed by atoms with Crippen LogP contribution in [0.2, 0.25) is 5.02 Å². The molecule has 1 aliphatic rings. The molecule has 7 nitrogen and oxygen atoms in total. The number of nitrogens with one attached hydrogen (secondary N) is 1. The van der Waals surface area contributed by atoms with Crippen LogP contribution < -0.4 is 9.62 Å². The fraction of sp³-hybridized carbons (Fsp3) is 0.304. The molecule has 1 N–H and O–H groups in total. The minimum atomic E-state index is -4.05. The summed E-state index contributed by atoms with van der Waals surface area (Å²) in [5.74, 6) is -1.15. The molecule has 32 heavy (non-hydrogen) atoms. The summed E-state index contributed by atoms with van der Waals surface area (Å²) in [5.41, 5.74) is 0.322. The number of esters is 1. The Bertz CT molecular complexity index is 1100. The molecule has 0 unspecified atom stereocenters. The van der Waals surface area contributed by atoms with Gasteiger partial charge in [-0.25, -0.2) is 13.2 Å². The number of halogens is 1. The topological polar surface area (TPSA) is 92.8 Å². The van der Waals surface area contributed by atoms with E-state index >= 15 is 0 Å². The number of rotatable bonds is 9. The monoisotopic (exact) mass is 476 g/mol. The van der Waals surface area contributed by atoms with Gasteiger partial charge in [0.05, 0.1) is 27.7 Å². The van der Waals surface area contributed by atoms with Crippen LogP contribution in [0.5, 0.6) is 0 Å². The van der Waals surface area contributed by atoms with Gasteiger partial charge < -0.3 is 10.1 Å². The summed E-state index contributed by atoms with van der Waals surface area (Å²) in [6, 6.07) is 12.2. The molecule has 3 rings (SSSR count). The Balaban J connectivity index is 1.75. The fourth-order valence-electron chi connectivity index (χ4n) is 3.56. The smallest absolute Gasteiger partial charge is 0.338 e. The van der Waals surface area contributed by atoms with E-state index in [4.69, 9.17) is 16.3 Å². The number of hydrogen-bond acceptors (Lipinski definition) is 5. The average Bonchev–Trinajstić information content (AvgIpc) is 3.29. The van der Waals surface area contributed by atoms with Crippen molar-refractivity contribution in [3.63, 3.8) is 0 Å². The van der Waals surface area contributed by atoms with Gasteiger partial charge in [0.15, 0.2) is 6.61 Å². The number of para-hydroxylation sites is 1. The van der Waals surface area contributed by atoms with Crippen molar-refractivity contribution in [2.45, 2.75) is 36.6 Å². The molecule has 170 valence electrons. The zero-order valence-electron chi connectivity index (χ0n) is 17.5. The maximum atomic E-state index is 13.3. The number of anilines is 1. The number of nitrogens with zero attached hydrogens (tertiary/aromatic N) is 1. The number of benzene rings is 2. The maximum absolute atomic E-state index is 13.3. The van der Waals surface area contributed by atoms with Crippen LogP contribution in [0.15, 0.2) is 66.1 Å². The lowest BCUT2D eigenvalue weighted by Crippen LogP contribution is -2.36. The lowest BCUT2D eigenvalue weighted by molar-refractivity contribution is -0.124. The highest BCUT2D eigenvalue weighted by atomic mass is 35.5. The van der Waals surface area contributed by atoms with Crippen molar-refractivity contribution in [2.24, 2.45) is 0 Å². The van der Waals surface area contributed by atoms with Gasteiger partial charge in [0, 0.05) is 6.04 Å². The molecule has 0 heterocycles. The first-order valence-corrected chi connectivity index (χ1v) is 12.1. The van der Waals surface area contributed by atoms with Crippen LogP contribution in [-0.4, -0.2) is 39.5 Å². The predicted molar refractivity (Wildman–Crippen MR) is 123 cm³/mol. The molecule has 1 amide bonds. The molecule has 0 spiro atoms. The van der Waals surface area contributed by atoms with Gasteiger partial charge in [0.2, 0.25) is 0 Å². The largest absolute Gasteiger partial charge is 0.452 e. The van der Waals surface area contributed by atoms with Gasteiger partial charge in [-0.3, -0.25) is 9.10 Å². The number of carbonyl (C=O) groups is 2. The highest BCUT2D eigenvalue weighted by Crippen LogP contribution is 2.30. The molecule has 0 saturated heterocycles. The van der Waals surface area contributed by atoms with Gasteiger partial charge in [-0.2, -0.15) is 0 Å². The minimum absolute atomic E-state index is 0.0118. The first-order chi connectivity index (χ1) is 15.3. The standard InChI is InChI=1S/C23H25ClN2O5S/c1-2-14-26(21-13-6-5-12-20(21)24)32(29,30)19-11-7-8-17(15-19)23(28)31-16-22(27)25-18-9-3-4-10-18/h2,5-8,11-13,15,18H,1,3-4,9-10,14,16H2,(H,25,27). The van der Waals surface area contributed by atoms with Gasteiger partial charge in [0.25, 0.3) is 15.9 Å². The van der Waals surface area contributed by atoms with Crippen LogP contribution in [-0.2, 0) is 19.6 Å². The molecule has 1 fully saturated rings. The van der Waals surface area contributed by atoms with Crippen molar-refractivity contribution >= 4 is 39.2 Å². The van der Waals surface area contributed by atoms with E-state index in [-0.39, 0.29) is 34.0 Å². The molecule has 0 aliphatic heterocycles. The fourth-order valence-corrected chi connectivity index (χ4v) is 5.35. The number of hydrogen-bond donors (Lipinski definition) is 1. The van der Waals surface area contributed by atoms with Crippen LogP contribution in [0.25, 0.3) is 0 Å². The molecule has 1 aliphatic carbocycles. The number of amides is 1. The quantitative estimate of drug-likeness (QED) is 0.437. The first kappa shape index (κ1) is 23.8. The van der Waals surface area contributed by atoms with Gasteiger partial charge in [-0.05, 0) is 43.2 Å². The Hall–Kier alpha value is -2.84. The van der Waals surface area contributed by atoms with Crippen LogP contribution in [0.1, 0.15) is 36.0 Å². The number of ether oxygens (including phenoxy) is 1. The SMILES string of the molecule is C=CCN(c1ccccc1Cl)S(=O)(=O)c1cccc(C(=O)OCC(=O)NC2CCCC2)c1. The maximum Gasteiger partial charge on any atom is 0.338 e. The summed E-state index contributed by atoms with van der Waals surface area (Å²) in [6.45, 7) is 3.19. The van der Waals surface area contributed by atoms with Gasteiger partial charge in [0.1, 0.15) is 0 Å². The third-order valence-corrected chi connectivity index (χ3v) is 7.22. The number of sulfonamides is 1. The Labute approximate surface area is 193 Å². The van der Waals surface area contributed by atoms with E-state index in [1.54, 1.807) is 24.3 Å². The molecule has 2 aromatic rings.